The molecule has 0 amide bonds. The molecule has 1 atom stereocenters. The number of aliphatic hydroxyl groups is 1. The Labute approximate surface area is 111 Å². The summed E-state index contributed by atoms with van der Waals surface area (Å²) in [6.07, 6.45) is 3.17. The highest BCUT2D eigenvalue weighted by molar-refractivity contribution is 6.28. The van der Waals surface area contributed by atoms with E-state index >= 15 is 0 Å². The lowest BCUT2D eigenvalue weighted by molar-refractivity contribution is 0.189. The molecule has 1 saturated carbocycles. The van der Waals surface area contributed by atoms with E-state index in [1.54, 1.807) is 12.1 Å². The fourth-order valence-corrected chi connectivity index (χ4v) is 2.48. The van der Waals surface area contributed by atoms with Gasteiger partial charge < -0.3 is 9.52 Å². The number of halogens is 1. The maximum Gasteiger partial charge on any atom is 0.193 e. The number of rotatable bonds is 3. The molecule has 18 heavy (non-hydrogen) atoms. The van der Waals surface area contributed by atoms with Crippen molar-refractivity contribution in [3.8, 4) is 0 Å². The van der Waals surface area contributed by atoms with Crippen LogP contribution in [0.4, 0.5) is 0 Å². The number of benzene rings is 1. The van der Waals surface area contributed by atoms with E-state index in [2.05, 4.69) is 12.1 Å². The normalized spacial score (nSPS) is 17.4. The largest absolute Gasteiger partial charge is 0.447 e. The lowest BCUT2D eigenvalue weighted by atomic mass is 9.80. The first-order chi connectivity index (χ1) is 8.74. The number of hydrogen-bond acceptors (Lipinski definition) is 2. The van der Waals surface area contributed by atoms with Crippen LogP contribution in [0.1, 0.15) is 48.2 Å². The standard InChI is InChI=1S/C15H15ClO2/c16-14-9-8-13(18-14)15(17)12-6-4-11(5-7-12)10-2-1-3-10/h4-10,15,17H,1-3H2. The average molecular weight is 263 g/mol. The van der Waals surface area contributed by atoms with Crippen molar-refractivity contribution in [2.45, 2.75) is 31.3 Å². The van der Waals surface area contributed by atoms with Gasteiger partial charge in [0.1, 0.15) is 11.9 Å². The summed E-state index contributed by atoms with van der Waals surface area (Å²) in [6.45, 7) is 0. The first-order valence-electron chi connectivity index (χ1n) is 6.27. The summed E-state index contributed by atoms with van der Waals surface area (Å²) in [5, 5.41) is 10.5. The zero-order valence-electron chi connectivity index (χ0n) is 9.97. The maximum atomic E-state index is 10.2. The third kappa shape index (κ3) is 2.18. The first kappa shape index (κ1) is 11.8. The van der Waals surface area contributed by atoms with Gasteiger partial charge in [0.15, 0.2) is 5.22 Å². The molecule has 0 saturated heterocycles. The first-order valence-corrected chi connectivity index (χ1v) is 6.65. The predicted octanol–water partition coefficient (Wildman–Crippen LogP) is 4.28. The second-order valence-corrected chi connectivity index (χ2v) is 5.21. The Bertz CT molecular complexity index is 526. The van der Waals surface area contributed by atoms with E-state index in [1.165, 1.54) is 24.8 Å². The molecule has 1 N–H and O–H groups in total. The Morgan fingerprint density at radius 1 is 1.11 bits per heavy atom. The lowest BCUT2D eigenvalue weighted by Crippen LogP contribution is -2.08. The zero-order chi connectivity index (χ0) is 12.5. The third-order valence-corrected chi connectivity index (χ3v) is 3.90. The fraction of sp³-hybridized carbons (Fsp3) is 0.333. The molecule has 1 aromatic carbocycles. The van der Waals surface area contributed by atoms with Gasteiger partial charge >= 0.3 is 0 Å². The Hall–Kier alpha value is -1.25. The Balaban J connectivity index is 1.79. The smallest absolute Gasteiger partial charge is 0.193 e. The summed E-state index contributed by atoms with van der Waals surface area (Å²) >= 11 is 5.71. The van der Waals surface area contributed by atoms with E-state index in [9.17, 15) is 5.11 Å². The van der Waals surface area contributed by atoms with Crippen molar-refractivity contribution in [3.05, 3.63) is 58.5 Å². The summed E-state index contributed by atoms with van der Waals surface area (Å²) in [7, 11) is 0. The molecule has 0 aliphatic heterocycles. The van der Waals surface area contributed by atoms with Crippen LogP contribution in [-0.2, 0) is 0 Å². The van der Waals surface area contributed by atoms with Gasteiger partial charge in [-0.05, 0) is 53.6 Å². The van der Waals surface area contributed by atoms with Crippen molar-refractivity contribution < 1.29 is 9.52 Å². The van der Waals surface area contributed by atoms with Gasteiger partial charge in [-0.1, -0.05) is 30.7 Å². The third-order valence-electron chi connectivity index (χ3n) is 3.69. The average Bonchev–Trinajstić information content (AvgIpc) is 2.74. The second-order valence-electron chi connectivity index (χ2n) is 4.84. The molecule has 2 aromatic rings. The van der Waals surface area contributed by atoms with E-state index in [4.69, 9.17) is 16.0 Å². The number of aliphatic hydroxyl groups excluding tert-OH is 1. The van der Waals surface area contributed by atoms with Crippen LogP contribution in [0.2, 0.25) is 5.22 Å². The van der Waals surface area contributed by atoms with E-state index < -0.39 is 6.10 Å². The summed E-state index contributed by atoms with van der Waals surface area (Å²) in [5.74, 6) is 1.20. The number of furan rings is 1. The fourth-order valence-electron chi connectivity index (χ4n) is 2.33. The second kappa shape index (κ2) is 4.79. The van der Waals surface area contributed by atoms with Crippen molar-refractivity contribution >= 4 is 11.6 Å². The van der Waals surface area contributed by atoms with E-state index in [-0.39, 0.29) is 0 Å². The monoisotopic (exact) mass is 262 g/mol. The SMILES string of the molecule is OC(c1ccc(C2CCC2)cc1)c1ccc(Cl)o1. The number of hydrogen-bond donors (Lipinski definition) is 1. The van der Waals surface area contributed by atoms with Crippen molar-refractivity contribution in [2.75, 3.05) is 0 Å². The van der Waals surface area contributed by atoms with Crippen LogP contribution in [0.15, 0.2) is 40.8 Å². The molecule has 3 rings (SSSR count). The molecule has 1 unspecified atom stereocenters. The molecular weight excluding hydrogens is 248 g/mol. The van der Waals surface area contributed by atoms with Gasteiger partial charge in [-0.25, -0.2) is 0 Å². The van der Waals surface area contributed by atoms with Crippen LogP contribution in [0.5, 0.6) is 0 Å². The van der Waals surface area contributed by atoms with Crippen molar-refractivity contribution in [1.29, 1.82) is 0 Å². The molecule has 1 aromatic heterocycles. The molecule has 1 aliphatic carbocycles. The molecule has 2 nitrogen and oxygen atoms in total. The lowest BCUT2D eigenvalue weighted by Gasteiger charge is -2.26. The topological polar surface area (TPSA) is 33.4 Å². The van der Waals surface area contributed by atoms with E-state index in [1.807, 2.05) is 12.1 Å². The Morgan fingerprint density at radius 2 is 1.83 bits per heavy atom. The molecule has 0 bridgehead atoms. The Morgan fingerprint density at radius 3 is 2.33 bits per heavy atom. The minimum absolute atomic E-state index is 0.301. The van der Waals surface area contributed by atoms with Gasteiger partial charge in [-0.2, -0.15) is 0 Å². The zero-order valence-corrected chi connectivity index (χ0v) is 10.7. The van der Waals surface area contributed by atoms with Gasteiger partial charge in [0.05, 0.1) is 0 Å². The van der Waals surface area contributed by atoms with Gasteiger partial charge in [0, 0.05) is 0 Å². The van der Waals surface area contributed by atoms with Gasteiger partial charge in [-0.15, -0.1) is 0 Å². The van der Waals surface area contributed by atoms with Gasteiger partial charge in [0.2, 0.25) is 0 Å². The molecule has 94 valence electrons. The maximum absolute atomic E-state index is 10.2. The van der Waals surface area contributed by atoms with Crippen molar-refractivity contribution in [3.63, 3.8) is 0 Å². The van der Waals surface area contributed by atoms with Crippen molar-refractivity contribution in [1.82, 2.24) is 0 Å². The molecule has 3 heteroatoms. The molecule has 0 radical (unpaired) electrons. The highest BCUT2D eigenvalue weighted by Crippen LogP contribution is 2.37. The highest BCUT2D eigenvalue weighted by atomic mass is 35.5. The van der Waals surface area contributed by atoms with Crippen LogP contribution in [-0.4, -0.2) is 5.11 Å². The summed E-state index contributed by atoms with van der Waals surface area (Å²) in [6, 6.07) is 11.5. The molecule has 1 aliphatic rings. The van der Waals surface area contributed by atoms with Crippen LogP contribution >= 0.6 is 11.6 Å². The van der Waals surface area contributed by atoms with E-state index in [0.29, 0.717) is 16.9 Å². The van der Waals surface area contributed by atoms with Crippen LogP contribution in [0.3, 0.4) is 0 Å². The molecule has 0 spiro atoms. The summed E-state index contributed by atoms with van der Waals surface area (Å²) in [4.78, 5) is 0. The van der Waals surface area contributed by atoms with Gasteiger partial charge in [0.25, 0.3) is 0 Å². The quantitative estimate of drug-likeness (QED) is 0.896. The van der Waals surface area contributed by atoms with Crippen LogP contribution < -0.4 is 0 Å². The predicted molar refractivity (Wildman–Crippen MR) is 70.8 cm³/mol. The Kier molecular flexibility index (Phi) is 3.14. The highest BCUT2D eigenvalue weighted by Gasteiger charge is 2.20. The minimum Gasteiger partial charge on any atom is -0.447 e. The minimum atomic E-state index is -0.743. The van der Waals surface area contributed by atoms with Gasteiger partial charge in [-0.3, -0.25) is 0 Å². The molecule has 1 heterocycles. The van der Waals surface area contributed by atoms with E-state index in [0.717, 1.165) is 5.56 Å². The molecular formula is C15H15ClO2. The summed E-state index contributed by atoms with van der Waals surface area (Å²) < 4.78 is 5.23. The van der Waals surface area contributed by atoms with Crippen LogP contribution in [0.25, 0.3) is 0 Å². The van der Waals surface area contributed by atoms with Crippen LogP contribution in [0, 0.1) is 0 Å². The summed E-state index contributed by atoms with van der Waals surface area (Å²) in [5.41, 5.74) is 2.21. The van der Waals surface area contributed by atoms with Crippen molar-refractivity contribution in [2.24, 2.45) is 0 Å². The molecule has 1 fully saturated rings.